The van der Waals surface area contributed by atoms with Crippen molar-refractivity contribution in [3.63, 3.8) is 0 Å². The first-order valence-corrected chi connectivity index (χ1v) is 5.46. The van der Waals surface area contributed by atoms with Gasteiger partial charge in [-0.3, -0.25) is 0 Å². The minimum Gasteiger partial charge on any atom is -0.396 e. The van der Waals surface area contributed by atoms with Crippen LogP contribution in [0, 0.1) is 5.41 Å². The number of aryl methyl sites for hydroxylation is 1. The molecule has 0 fully saturated rings. The summed E-state index contributed by atoms with van der Waals surface area (Å²) >= 11 is 0. The van der Waals surface area contributed by atoms with Gasteiger partial charge >= 0.3 is 0 Å². The van der Waals surface area contributed by atoms with E-state index in [0.717, 1.165) is 12.0 Å². The van der Waals surface area contributed by atoms with E-state index in [-0.39, 0.29) is 18.1 Å². The number of aliphatic hydroxyl groups is 1. The molecule has 1 atom stereocenters. The molecule has 0 spiro atoms. The molecule has 0 saturated carbocycles. The normalized spacial score (nSPS) is 13.9. The van der Waals surface area contributed by atoms with Gasteiger partial charge in [-0.1, -0.05) is 45.0 Å². The van der Waals surface area contributed by atoms with E-state index in [1.165, 1.54) is 5.56 Å². The maximum Gasteiger partial charge on any atom is 0.0500 e. The molecule has 2 heteroatoms. The topological polar surface area (TPSA) is 46.2 Å². The lowest BCUT2D eigenvalue weighted by Gasteiger charge is -2.29. The Kier molecular flexibility index (Phi) is 3.89. The van der Waals surface area contributed by atoms with Crippen molar-refractivity contribution in [2.24, 2.45) is 11.1 Å². The highest BCUT2D eigenvalue weighted by molar-refractivity contribution is 5.26. The van der Waals surface area contributed by atoms with Crippen LogP contribution in [0.15, 0.2) is 24.3 Å². The predicted octanol–water partition coefficient (Wildman–Crippen LogP) is 2.27. The zero-order chi connectivity index (χ0) is 11.5. The molecule has 0 unspecified atom stereocenters. The van der Waals surface area contributed by atoms with Gasteiger partial charge in [0.1, 0.15) is 0 Å². The van der Waals surface area contributed by atoms with Crippen molar-refractivity contribution < 1.29 is 5.11 Å². The van der Waals surface area contributed by atoms with Crippen LogP contribution in [0.3, 0.4) is 0 Å². The Bertz CT molecular complexity index is 303. The molecule has 3 N–H and O–H groups in total. The second kappa shape index (κ2) is 4.77. The summed E-state index contributed by atoms with van der Waals surface area (Å²) in [7, 11) is 0. The first-order valence-electron chi connectivity index (χ1n) is 5.46. The van der Waals surface area contributed by atoms with Gasteiger partial charge in [-0.2, -0.15) is 0 Å². The molecule has 15 heavy (non-hydrogen) atoms. The Labute approximate surface area is 92.1 Å². The van der Waals surface area contributed by atoms with E-state index < -0.39 is 0 Å². The second-order valence-electron chi connectivity index (χ2n) is 4.72. The highest BCUT2D eigenvalue weighted by Gasteiger charge is 2.26. The Morgan fingerprint density at radius 2 is 1.80 bits per heavy atom. The molecule has 2 nitrogen and oxygen atoms in total. The van der Waals surface area contributed by atoms with Crippen LogP contribution in [0.4, 0.5) is 0 Å². The third-order valence-electron chi connectivity index (χ3n) is 3.00. The van der Waals surface area contributed by atoms with Crippen LogP contribution in [0.5, 0.6) is 0 Å². The van der Waals surface area contributed by atoms with E-state index in [1.54, 1.807) is 0 Å². The Balaban J connectivity index is 2.87. The van der Waals surface area contributed by atoms with E-state index in [9.17, 15) is 5.11 Å². The minimum absolute atomic E-state index is 0.101. The fourth-order valence-corrected chi connectivity index (χ4v) is 1.51. The van der Waals surface area contributed by atoms with E-state index in [4.69, 9.17) is 5.73 Å². The molecule has 0 saturated heterocycles. The molecule has 0 bridgehead atoms. The van der Waals surface area contributed by atoms with Gasteiger partial charge in [-0.15, -0.1) is 0 Å². The molecule has 1 aromatic carbocycles. The van der Waals surface area contributed by atoms with Crippen molar-refractivity contribution >= 4 is 0 Å². The number of hydrogen-bond donors (Lipinski definition) is 2. The number of rotatable bonds is 4. The lowest BCUT2D eigenvalue weighted by atomic mass is 9.81. The van der Waals surface area contributed by atoms with Crippen LogP contribution in [-0.2, 0) is 6.42 Å². The SMILES string of the molecule is CCc1ccc([C@@H](N)C(C)(C)CO)cc1. The predicted molar refractivity (Wildman–Crippen MR) is 63.6 cm³/mol. The maximum absolute atomic E-state index is 9.25. The van der Waals surface area contributed by atoms with Gasteiger partial charge in [0.15, 0.2) is 0 Å². The maximum atomic E-state index is 9.25. The molecular weight excluding hydrogens is 186 g/mol. The van der Waals surface area contributed by atoms with Gasteiger partial charge in [0, 0.05) is 18.1 Å². The van der Waals surface area contributed by atoms with Crippen molar-refractivity contribution in [1.82, 2.24) is 0 Å². The first kappa shape index (κ1) is 12.2. The average Bonchev–Trinajstić information content (AvgIpc) is 2.28. The minimum atomic E-state index is -0.270. The van der Waals surface area contributed by atoms with Gasteiger partial charge in [0.05, 0.1) is 0 Å². The Hall–Kier alpha value is -0.860. The van der Waals surface area contributed by atoms with E-state index in [2.05, 4.69) is 31.2 Å². The summed E-state index contributed by atoms with van der Waals surface area (Å²) in [5.41, 5.74) is 8.25. The lowest BCUT2D eigenvalue weighted by Crippen LogP contribution is -2.32. The molecular formula is C13H21NO. The molecule has 0 aliphatic rings. The second-order valence-corrected chi connectivity index (χ2v) is 4.72. The summed E-state index contributed by atoms with van der Waals surface area (Å²) in [6.07, 6.45) is 1.04. The highest BCUT2D eigenvalue weighted by atomic mass is 16.3. The van der Waals surface area contributed by atoms with Gasteiger partial charge in [0.25, 0.3) is 0 Å². The van der Waals surface area contributed by atoms with Gasteiger partial charge in [0.2, 0.25) is 0 Å². The molecule has 0 aliphatic carbocycles. The summed E-state index contributed by atoms with van der Waals surface area (Å²) in [6, 6.07) is 8.20. The van der Waals surface area contributed by atoms with Crippen molar-refractivity contribution in [3.05, 3.63) is 35.4 Å². The summed E-state index contributed by atoms with van der Waals surface area (Å²) in [5.74, 6) is 0. The van der Waals surface area contributed by atoms with Crippen LogP contribution >= 0.6 is 0 Å². The third kappa shape index (κ3) is 2.80. The lowest BCUT2D eigenvalue weighted by molar-refractivity contribution is 0.132. The monoisotopic (exact) mass is 207 g/mol. The molecule has 1 aromatic rings. The standard InChI is InChI=1S/C13H21NO/c1-4-10-5-7-11(8-6-10)12(14)13(2,3)9-15/h5-8,12,15H,4,9,14H2,1-3H3/t12-/m1/s1. The van der Waals surface area contributed by atoms with Crippen molar-refractivity contribution in [2.45, 2.75) is 33.2 Å². The van der Waals surface area contributed by atoms with Gasteiger partial charge in [-0.25, -0.2) is 0 Å². The van der Waals surface area contributed by atoms with Gasteiger partial charge < -0.3 is 10.8 Å². The molecule has 84 valence electrons. The zero-order valence-corrected chi connectivity index (χ0v) is 9.83. The fourth-order valence-electron chi connectivity index (χ4n) is 1.51. The van der Waals surface area contributed by atoms with Crippen molar-refractivity contribution in [3.8, 4) is 0 Å². The fraction of sp³-hybridized carbons (Fsp3) is 0.538. The number of aliphatic hydroxyl groups excluding tert-OH is 1. The Morgan fingerprint density at radius 3 is 2.20 bits per heavy atom. The molecule has 0 radical (unpaired) electrons. The average molecular weight is 207 g/mol. The summed E-state index contributed by atoms with van der Waals surface area (Å²) < 4.78 is 0. The number of benzene rings is 1. The molecule has 0 aromatic heterocycles. The third-order valence-corrected chi connectivity index (χ3v) is 3.00. The molecule has 1 rings (SSSR count). The van der Waals surface area contributed by atoms with Crippen LogP contribution < -0.4 is 5.73 Å². The van der Waals surface area contributed by atoms with E-state index >= 15 is 0 Å². The molecule has 0 aliphatic heterocycles. The van der Waals surface area contributed by atoms with Gasteiger partial charge in [-0.05, 0) is 17.5 Å². The van der Waals surface area contributed by atoms with Crippen LogP contribution in [0.25, 0.3) is 0 Å². The first-order chi connectivity index (χ1) is 7.01. The Morgan fingerprint density at radius 1 is 1.27 bits per heavy atom. The van der Waals surface area contributed by atoms with Crippen molar-refractivity contribution in [1.29, 1.82) is 0 Å². The quantitative estimate of drug-likeness (QED) is 0.795. The molecule has 0 amide bonds. The van der Waals surface area contributed by atoms with E-state index in [0.29, 0.717) is 0 Å². The smallest absolute Gasteiger partial charge is 0.0500 e. The van der Waals surface area contributed by atoms with Crippen LogP contribution in [0.2, 0.25) is 0 Å². The van der Waals surface area contributed by atoms with Crippen LogP contribution in [-0.4, -0.2) is 11.7 Å². The van der Waals surface area contributed by atoms with Crippen LogP contribution in [0.1, 0.15) is 37.9 Å². The largest absolute Gasteiger partial charge is 0.396 e. The zero-order valence-electron chi connectivity index (χ0n) is 9.83. The highest BCUT2D eigenvalue weighted by Crippen LogP contribution is 2.30. The molecule has 0 heterocycles. The number of nitrogens with two attached hydrogens (primary N) is 1. The summed E-state index contributed by atoms with van der Waals surface area (Å²) in [6.45, 7) is 6.19. The van der Waals surface area contributed by atoms with E-state index in [1.807, 2.05) is 13.8 Å². The summed E-state index contributed by atoms with van der Waals surface area (Å²) in [4.78, 5) is 0. The van der Waals surface area contributed by atoms with Crippen molar-refractivity contribution in [2.75, 3.05) is 6.61 Å². The number of hydrogen-bond acceptors (Lipinski definition) is 2. The summed E-state index contributed by atoms with van der Waals surface area (Å²) in [5, 5.41) is 9.25.